The lowest BCUT2D eigenvalue weighted by atomic mass is 10.1. The molecule has 6 rings (SSSR count). The van der Waals surface area contributed by atoms with Crippen LogP contribution in [0.15, 0.2) is 97.1 Å². The van der Waals surface area contributed by atoms with Crippen LogP contribution in [0.5, 0.6) is 11.5 Å². The number of benzene rings is 4. The number of rotatable bonds is 7. The summed E-state index contributed by atoms with van der Waals surface area (Å²) in [5.41, 5.74) is 5.87. The molecule has 4 aromatic carbocycles. The van der Waals surface area contributed by atoms with E-state index in [0.29, 0.717) is 18.1 Å². The standard InChI is InChI=1S/C30H23N3O2S/c1-34-27-18-21(15-16-26(27)35-19-20-9-3-2-4-10-20)17-22(29-31-23-11-5-6-12-24(23)32-29)30-33-25-13-7-8-14-28(25)36-30/h2-18H,19H2,1H3,(H,31,32)/b22-17-. The number of nitrogens with zero attached hydrogens (tertiary/aromatic N) is 2. The summed E-state index contributed by atoms with van der Waals surface area (Å²) in [4.78, 5) is 13.2. The maximum absolute atomic E-state index is 6.05. The number of hydrogen-bond acceptors (Lipinski definition) is 5. The molecule has 0 aliphatic heterocycles. The van der Waals surface area contributed by atoms with Gasteiger partial charge in [0.05, 0.1) is 33.9 Å². The predicted molar refractivity (Wildman–Crippen MR) is 146 cm³/mol. The van der Waals surface area contributed by atoms with Gasteiger partial charge in [0.1, 0.15) is 17.4 Å². The first-order valence-corrected chi connectivity index (χ1v) is 12.5. The zero-order chi connectivity index (χ0) is 24.3. The van der Waals surface area contributed by atoms with Gasteiger partial charge in [-0.3, -0.25) is 0 Å². The van der Waals surface area contributed by atoms with Crippen LogP contribution in [0, 0.1) is 0 Å². The van der Waals surface area contributed by atoms with E-state index in [1.165, 1.54) is 0 Å². The second kappa shape index (κ2) is 9.68. The van der Waals surface area contributed by atoms with Gasteiger partial charge in [-0.2, -0.15) is 0 Å². The van der Waals surface area contributed by atoms with E-state index < -0.39 is 0 Å². The number of fused-ring (bicyclic) bond motifs is 2. The van der Waals surface area contributed by atoms with Gasteiger partial charge in [0.2, 0.25) is 0 Å². The molecule has 6 aromatic rings. The average Bonchev–Trinajstić information content (AvgIpc) is 3.55. The highest BCUT2D eigenvalue weighted by atomic mass is 32.1. The van der Waals surface area contributed by atoms with Crippen molar-refractivity contribution in [1.29, 1.82) is 0 Å². The molecule has 0 radical (unpaired) electrons. The van der Waals surface area contributed by atoms with Crippen molar-refractivity contribution in [3.63, 3.8) is 0 Å². The normalized spacial score (nSPS) is 11.8. The van der Waals surface area contributed by atoms with Gasteiger partial charge >= 0.3 is 0 Å². The Labute approximate surface area is 212 Å². The quantitative estimate of drug-likeness (QED) is 0.255. The SMILES string of the molecule is COc1cc(/C=C(/c2nc3ccccc3[nH]2)c2nc3ccccc3s2)ccc1OCc1ccccc1. The fraction of sp³-hybridized carbons (Fsp3) is 0.0667. The van der Waals surface area contributed by atoms with E-state index in [-0.39, 0.29) is 0 Å². The topological polar surface area (TPSA) is 60.0 Å². The molecule has 0 atom stereocenters. The number of imidazole rings is 1. The van der Waals surface area contributed by atoms with Crippen molar-refractivity contribution >= 4 is 44.2 Å². The Morgan fingerprint density at radius 1 is 0.833 bits per heavy atom. The first-order chi connectivity index (χ1) is 17.8. The molecule has 5 nitrogen and oxygen atoms in total. The number of aromatic amines is 1. The van der Waals surface area contributed by atoms with Crippen molar-refractivity contribution in [1.82, 2.24) is 15.0 Å². The predicted octanol–water partition coefficient (Wildman–Crippen LogP) is 7.35. The van der Waals surface area contributed by atoms with E-state index in [1.807, 2.05) is 91.0 Å². The Morgan fingerprint density at radius 2 is 1.61 bits per heavy atom. The van der Waals surface area contributed by atoms with E-state index in [0.717, 1.165) is 48.8 Å². The molecule has 2 aromatic heterocycles. The van der Waals surface area contributed by atoms with Gasteiger partial charge in [0, 0.05) is 0 Å². The summed E-state index contributed by atoms with van der Waals surface area (Å²) in [6.45, 7) is 0.475. The summed E-state index contributed by atoms with van der Waals surface area (Å²) < 4.78 is 12.9. The van der Waals surface area contributed by atoms with Crippen LogP contribution in [0.2, 0.25) is 0 Å². The minimum absolute atomic E-state index is 0.475. The number of methoxy groups -OCH3 is 1. The lowest BCUT2D eigenvalue weighted by Crippen LogP contribution is -1.98. The van der Waals surface area contributed by atoms with Gasteiger partial charge in [0.15, 0.2) is 11.5 Å². The van der Waals surface area contributed by atoms with Gasteiger partial charge in [-0.1, -0.05) is 60.7 Å². The van der Waals surface area contributed by atoms with Crippen LogP contribution in [0.3, 0.4) is 0 Å². The number of para-hydroxylation sites is 3. The van der Waals surface area contributed by atoms with E-state index in [4.69, 9.17) is 19.4 Å². The van der Waals surface area contributed by atoms with Crippen LogP contribution in [0.25, 0.3) is 32.9 Å². The fourth-order valence-corrected chi connectivity index (χ4v) is 5.08. The summed E-state index contributed by atoms with van der Waals surface area (Å²) >= 11 is 1.65. The summed E-state index contributed by atoms with van der Waals surface area (Å²) in [5, 5.41) is 0.902. The Morgan fingerprint density at radius 3 is 2.42 bits per heavy atom. The van der Waals surface area contributed by atoms with Crippen LogP contribution in [-0.2, 0) is 6.61 Å². The third kappa shape index (κ3) is 4.46. The first-order valence-electron chi connectivity index (χ1n) is 11.6. The zero-order valence-electron chi connectivity index (χ0n) is 19.6. The number of ether oxygens (including phenoxy) is 2. The number of H-pyrrole nitrogens is 1. The molecule has 0 unspecified atom stereocenters. The molecule has 0 aliphatic carbocycles. The van der Waals surface area contributed by atoms with Gasteiger partial charge in [-0.15, -0.1) is 11.3 Å². The summed E-state index contributed by atoms with van der Waals surface area (Å²) in [6.07, 6.45) is 2.10. The van der Waals surface area contributed by atoms with Crippen molar-refractivity contribution in [2.75, 3.05) is 7.11 Å². The molecular formula is C30H23N3O2S. The lowest BCUT2D eigenvalue weighted by Gasteiger charge is -2.12. The molecule has 176 valence electrons. The van der Waals surface area contributed by atoms with Crippen LogP contribution >= 0.6 is 11.3 Å². The number of nitrogens with one attached hydrogen (secondary N) is 1. The van der Waals surface area contributed by atoms with Gasteiger partial charge in [0.25, 0.3) is 0 Å². The van der Waals surface area contributed by atoms with E-state index in [9.17, 15) is 0 Å². The largest absolute Gasteiger partial charge is 0.493 e. The smallest absolute Gasteiger partial charge is 0.161 e. The van der Waals surface area contributed by atoms with Crippen LogP contribution in [0.4, 0.5) is 0 Å². The highest BCUT2D eigenvalue weighted by Crippen LogP contribution is 2.35. The van der Waals surface area contributed by atoms with Gasteiger partial charge in [-0.25, -0.2) is 9.97 Å². The lowest BCUT2D eigenvalue weighted by molar-refractivity contribution is 0.284. The van der Waals surface area contributed by atoms with Crippen molar-refractivity contribution < 1.29 is 9.47 Å². The molecule has 0 amide bonds. The maximum atomic E-state index is 6.05. The Kier molecular flexibility index (Phi) is 5.93. The molecule has 0 saturated heterocycles. The summed E-state index contributed by atoms with van der Waals surface area (Å²) in [5.74, 6) is 2.15. The number of hydrogen-bond donors (Lipinski definition) is 1. The molecule has 0 saturated carbocycles. The molecule has 0 aliphatic rings. The summed E-state index contributed by atoms with van der Waals surface area (Å²) in [6, 6.07) is 32.3. The van der Waals surface area contributed by atoms with Gasteiger partial charge in [-0.05, 0) is 53.6 Å². The Hall–Kier alpha value is -4.42. The third-order valence-electron chi connectivity index (χ3n) is 5.90. The average molecular weight is 490 g/mol. The van der Waals surface area contributed by atoms with E-state index in [1.54, 1.807) is 18.4 Å². The van der Waals surface area contributed by atoms with Crippen molar-refractivity contribution in [3.05, 3.63) is 119 Å². The minimum Gasteiger partial charge on any atom is -0.493 e. The van der Waals surface area contributed by atoms with Crippen LogP contribution in [-0.4, -0.2) is 22.1 Å². The second-order valence-corrected chi connectivity index (χ2v) is 9.36. The molecule has 36 heavy (non-hydrogen) atoms. The third-order valence-corrected chi connectivity index (χ3v) is 6.97. The monoisotopic (exact) mass is 489 g/mol. The van der Waals surface area contributed by atoms with Gasteiger partial charge < -0.3 is 14.5 Å². The molecule has 1 N–H and O–H groups in total. The van der Waals surface area contributed by atoms with Crippen LogP contribution < -0.4 is 9.47 Å². The number of aromatic nitrogens is 3. The van der Waals surface area contributed by atoms with Crippen molar-refractivity contribution in [2.24, 2.45) is 0 Å². The highest BCUT2D eigenvalue weighted by molar-refractivity contribution is 7.19. The summed E-state index contributed by atoms with van der Waals surface area (Å²) in [7, 11) is 1.66. The Balaban J connectivity index is 1.40. The van der Waals surface area contributed by atoms with E-state index in [2.05, 4.69) is 17.1 Å². The molecule has 0 fully saturated rings. The molecule has 0 bridgehead atoms. The highest BCUT2D eigenvalue weighted by Gasteiger charge is 2.16. The van der Waals surface area contributed by atoms with Crippen molar-refractivity contribution in [3.8, 4) is 11.5 Å². The van der Waals surface area contributed by atoms with Crippen molar-refractivity contribution in [2.45, 2.75) is 6.61 Å². The molecule has 2 heterocycles. The molecular weight excluding hydrogens is 466 g/mol. The number of thiazole rings is 1. The van der Waals surface area contributed by atoms with E-state index >= 15 is 0 Å². The maximum Gasteiger partial charge on any atom is 0.161 e. The van der Waals surface area contributed by atoms with Crippen LogP contribution in [0.1, 0.15) is 22.0 Å². The molecule has 0 spiro atoms. The Bertz CT molecular complexity index is 1540. The molecule has 6 heteroatoms. The fourth-order valence-electron chi connectivity index (χ4n) is 4.09. The second-order valence-electron chi connectivity index (χ2n) is 8.33. The zero-order valence-corrected chi connectivity index (χ0v) is 20.5. The first kappa shape index (κ1) is 22.1. The minimum atomic E-state index is 0.475.